The van der Waals surface area contributed by atoms with Gasteiger partial charge in [0.05, 0.1) is 6.10 Å². The van der Waals surface area contributed by atoms with Crippen LogP contribution in [0.1, 0.15) is 24.2 Å². The van der Waals surface area contributed by atoms with Gasteiger partial charge in [-0.25, -0.2) is 0 Å². The van der Waals surface area contributed by atoms with Crippen molar-refractivity contribution in [3.8, 4) is 0 Å². The molecule has 63 valence electrons. The van der Waals surface area contributed by atoms with Crippen molar-refractivity contribution in [1.82, 2.24) is 0 Å². The molecule has 2 atom stereocenters. The Balaban J connectivity index is 2.40. The van der Waals surface area contributed by atoms with Crippen molar-refractivity contribution in [3.05, 3.63) is 35.4 Å². The molecule has 2 rings (SSSR count). The van der Waals surface area contributed by atoms with Gasteiger partial charge in [-0.15, -0.1) is 0 Å². The molecule has 12 heavy (non-hydrogen) atoms. The third-order valence-electron chi connectivity index (χ3n) is 2.58. The molecule has 1 radical (unpaired) electrons. The summed E-state index contributed by atoms with van der Waals surface area (Å²) in [5, 5.41) is 0. The predicted molar refractivity (Wildman–Crippen MR) is 47.9 cm³/mol. The van der Waals surface area contributed by atoms with Crippen LogP contribution < -0.4 is 0 Å². The molecule has 0 N–H and O–H groups in total. The van der Waals surface area contributed by atoms with Crippen molar-refractivity contribution in [1.29, 1.82) is 0 Å². The van der Waals surface area contributed by atoms with E-state index in [1.807, 2.05) is 12.1 Å². The van der Waals surface area contributed by atoms with Crippen LogP contribution in [0.25, 0.3) is 0 Å². The lowest BCUT2D eigenvalue weighted by molar-refractivity contribution is 0.0693. The Morgan fingerprint density at radius 1 is 1.58 bits per heavy atom. The Morgan fingerprint density at radius 3 is 3.17 bits per heavy atom. The van der Waals surface area contributed by atoms with E-state index in [0.717, 1.165) is 6.42 Å². The molecule has 0 spiro atoms. The summed E-state index contributed by atoms with van der Waals surface area (Å²) in [6.07, 6.45) is 1.40. The summed E-state index contributed by atoms with van der Waals surface area (Å²) in [4.78, 5) is 0. The maximum Gasteiger partial charge on any atom is 0.0858 e. The van der Waals surface area contributed by atoms with Gasteiger partial charge >= 0.3 is 0 Å². The first-order valence-corrected chi connectivity index (χ1v) is 4.35. The largest absolute Gasteiger partial charge is 0.376 e. The highest BCUT2D eigenvalue weighted by atomic mass is 16.5. The second-order valence-electron chi connectivity index (χ2n) is 3.45. The van der Waals surface area contributed by atoms with Crippen LogP contribution in [-0.2, 0) is 11.2 Å². The molecule has 1 heteroatoms. The van der Waals surface area contributed by atoms with Gasteiger partial charge in [0.2, 0.25) is 0 Å². The Kier molecular flexibility index (Phi) is 1.89. The molecule has 1 aromatic rings. The van der Waals surface area contributed by atoms with Crippen LogP contribution >= 0.6 is 0 Å². The summed E-state index contributed by atoms with van der Waals surface area (Å²) in [7, 11) is 1.77. The van der Waals surface area contributed by atoms with Crippen LogP contribution in [0.15, 0.2) is 18.2 Å². The third-order valence-corrected chi connectivity index (χ3v) is 2.58. The number of hydrogen-bond donors (Lipinski definition) is 0. The van der Waals surface area contributed by atoms with Crippen LogP contribution in [0.4, 0.5) is 0 Å². The van der Waals surface area contributed by atoms with E-state index < -0.39 is 0 Å². The maximum atomic E-state index is 5.42. The van der Waals surface area contributed by atoms with Crippen LogP contribution in [-0.4, -0.2) is 7.11 Å². The Morgan fingerprint density at radius 2 is 2.42 bits per heavy atom. The maximum absolute atomic E-state index is 5.42. The van der Waals surface area contributed by atoms with Crippen molar-refractivity contribution in [2.45, 2.75) is 19.4 Å². The van der Waals surface area contributed by atoms with E-state index in [1.165, 1.54) is 11.1 Å². The molecular formula is C11H13O. The molecule has 0 amide bonds. The zero-order chi connectivity index (χ0) is 8.55. The minimum Gasteiger partial charge on any atom is -0.376 e. The first-order valence-electron chi connectivity index (χ1n) is 4.35. The molecule has 1 aliphatic rings. The lowest BCUT2D eigenvalue weighted by atomic mass is 10.1. The topological polar surface area (TPSA) is 9.23 Å². The quantitative estimate of drug-likeness (QED) is 0.614. The van der Waals surface area contributed by atoms with Crippen LogP contribution in [0.5, 0.6) is 0 Å². The average Bonchev–Trinajstić information content (AvgIpc) is 2.40. The second-order valence-corrected chi connectivity index (χ2v) is 3.45. The monoisotopic (exact) mass is 161 g/mol. The first-order chi connectivity index (χ1) is 5.83. The molecule has 1 aliphatic carbocycles. The number of fused-ring (bicyclic) bond motifs is 1. The molecule has 0 fully saturated rings. The minimum absolute atomic E-state index is 0.265. The number of hydrogen-bond acceptors (Lipinski definition) is 1. The summed E-state index contributed by atoms with van der Waals surface area (Å²) < 4.78 is 5.42. The lowest BCUT2D eigenvalue weighted by Crippen LogP contribution is -2.05. The Labute approximate surface area is 73.4 Å². The van der Waals surface area contributed by atoms with Gasteiger partial charge in [-0.3, -0.25) is 0 Å². The summed E-state index contributed by atoms with van der Waals surface area (Å²) in [6.45, 7) is 2.22. The fourth-order valence-electron chi connectivity index (χ4n) is 2.02. The third kappa shape index (κ3) is 1.05. The molecule has 0 aliphatic heterocycles. The van der Waals surface area contributed by atoms with Crippen LogP contribution in [0.2, 0.25) is 0 Å². The summed E-state index contributed by atoms with van der Waals surface area (Å²) in [6, 6.07) is 9.43. The highest BCUT2D eigenvalue weighted by Crippen LogP contribution is 2.37. The van der Waals surface area contributed by atoms with E-state index in [-0.39, 0.29) is 6.10 Å². The zero-order valence-electron chi connectivity index (χ0n) is 7.50. The number of methoxy groups -OCH3 is 1. The van der Waals surface area contributed by atoms with Crippen molar-refractivity contribution in [2.24, 2.45) is 5.92 Å². The molecule has 0 aromatic heterocycles. The van der Waals surface area contributed by atoms with Crippen molar-refractivity contribution in [3.63, 3.8) is 0 Å². The lowest BCUT2D eigenvalue weighted by Gasteiger charge is -2.13. The number of rotatable bonds is 1. The van der Waals surface area contributed by atoms with Gasteiger partial charge < -0.3 is 4.74 Å². The van der Waals surface area contributed by atoms with Crippen molar-refractivity contribution in [2.75, 3.05) is 7.11 Å². The highest BCUT2D eigenvalue weighted by molar-refractivity contribution is 5.33. The van der Waals surface area contributed by atoms with Gasteiger partial charge in [-0.1, -0.05) is 25.1 Å². The highest BCUT2D eigenvalue weighted by Gasteiger charge is 2.28. The molecule has 1 nitrogen and oxygen atoms in total. The Hall–Kier alpha value is -0.820. The molecule has 0 bridgehead atoms. The molecule has 2 unspecified atom stereocenters. The first kappa shape index (κ1) is 7.81. The number of benzene rings is 1. The molecule has 0 saturated heterocycles. The smallest absolute Gasteiger partial charge is 0.0858 e. The van der Waals surface area contributed by atoms with E-state index in [0.29, 0.717) is 5.92 Å². The minimum atomic E-state index is 0.265. The number of ether oxygens (including phenoxy) is 1. The van der Waals surface area contributed by atoms with E-state index in [4.69, 9.17) is 4.74 Å². The average molecular weight is 161 g/mol. The summed E-state index contributed by atoms with van der Waals surface area (Å²) >= 11 is 0. The fraction of sp³-hybridized carbons (Fsp3) is 0.455. The van der Waals surface area contributed by atoms with Gasteiger partial charge in [0.1, 0.15) is 0 Å². The standard InChI is InChI=1S/C11H13O/c1-8-7-9-5-3-4-6-10(9)11(8)12-2/h3-5,8,11H,7H2,1-2H3. The SMILES string of the molecule is COC1c2[c]cccc2CC1C. The van der Waals surface area contributed by atoms with Crippen molar-refractivity contribution >= 4 is 0 Å². The van der Waals surface area contributed by atoms with E-state index >= 15 is 0 Å². The van der Waals surface area contributed by atoms with E-state index in [9.17, 15) is 0 Å². The van der Waals surface area contributed by atoms with E-state index in [2.05, 4.69) is 19.1 Å². The van der Waals surface area contributed by atoms with Gasteiger partial charge in [-0.05, 0) is 29.5 Å². The molecular weight excluding hydrogens is 148 g/mol. The van der Waals surface area contributed by atoms with Gasteiger partial charge in [-0.2, -0.15) is 0 Å². The van der Waals surface area contributed by atoms with Gasteiger partial charge in [0.15, 0.2) is 0 Å². The molecule has 0 heterocycles. The molecule has 0 saturated carbocycles. The normalized spacial score (nSPS) is 27.2. The summed E-state index contributed by atoms with van der Waals surface area (Å²) in [5.74, 6) is 0.601. The zero-order valence-corrected chi connectivity index (χ0v) is 7.50. The van der Waals surface area contributed by atoms with Crippen LogP contribution in [0, 0.1) is 12.0 Å². The summed E-state index contributed by atoms with van der Waals surface area (Å²) in [5.41, 5.74) is 2.66. The van der Waals surface area contributed by atoms with Gasteiger partial charge in [0.25, 0.3) is 0 Å². The van der Waals surface area contributed by atoms with Crippen LogP contribution in [0.3, 0.4) is 0 Å². The van der Waals surface area contributed by atoms with Gasteiger partial charge in [0, 0.05) is 7.11 Å². The molecule has 1 aromatic carbocycles. The second kappa shape index (κ2) is 2.91. The van der Waals surface area contributed by atoms with Crippen molar-refractivity contribution < 1.29 is 4.74 Å². The Bertz CT molecular complexity index is 280. The fourth-order valence-corrected chi connectivity index (χ4v) is 2.02. The van der Waals surface area contributed by atoms with E-state index in [1.54, 1.807) is 7.11 Å². The predicted octanol–water partition coefficient (Wildman–Crippen LogP) is 2.37.